The lowest BCUT2D eigenvalue weighted by Gasteiger charge is -2.33. The number of non-ortho nitro benzene ring substituents is 1. The first-order chi connectivity index (χ1) is 9.82. The molecule has 1 saturated heterocycles. The first kappa shape index (κ1) is 15.9. The first-order valence-corrected chi connectivity index (χ1v) is 8.26. The van der Waals surface area contributed by atoms with Gasteiger partial charge >= 0.3 is 0 Å². The molecule has 2 rings (SSSR count). The zero-order valence-electron chi connectivity index (χ0n) is 11.8. The number of rotatable bonds is 4. The monoisotopic (exact) mass is 313 g/mol. The molecule has 0 unspecified atom stereocenters. The number of sulfonamides is 1. The van der Waals surface area contributed by atoms with E-state index in [0.717, 1.165) is 12.8 Å². The molecule has 2 atom stereocenters. The molecule has 21 heavy (non-hydrogen) atoms. The summed E-state index contributed by atoms with van der Waals surface area (Å²) in [6, 6.07) is 4.92. The summed E-state index contributed by atoms with van der Waals surface area (Å²) in [5, 5.41) is 10.6. The van der Waals surface area contributed by atoms with Gasteiger partial charge < -0.3 is 5.73 Å². The predicted molar refractivity (Wildman–Crippen MR) is 78.2 cm³/mol. The van der Waals surface area contributed by atoms with Crippen molar-refractivity contribution in [2.75, 3.05) is 13.1 Å². The van der Waals surface area contributed by atoms with E-state index in [1.54, 1.807) is 0 Å². The Morgan fingerprint density at radius 3 is 2.52 bits per heavy atom. The molecule has 1 aliphatic rings. The topological polar surface area (TPSA) is 107 Å². The Morgan fingerprint density at radius 2 is 2.00 bits per heavy atom. The van der Waals surface area contributed by atoms with Crippen molar-refractivity contribution in [1.82, 2.24) is 4.31 Å². The smallest absolute Gasteiger partial charge is 0.269 e. The van der Waals surface area contributed by atoms with E-state index >= 15 is 0 Å². The third-order valence-electron chi connectivity index (χ3n) is 3.85. The second-order valence-corrected chi connectivity index (χ2v) is 7.31. The van der Waals surface area contributed by atoms with Crippen molar-refractivity contribution in [2.24, 2.45) is 11.7 Å². The molecular weight excluding hydrogens is 294 g/mol. The van der Waals surface area contributed by atoms with Gasteiger partial charge in [-0.15, -0.1) is 0 Å². The third-order valence-corrected chi connectivity index (χ3v) is 5.73. The van der Waals surface area contributed by atoms with Gasteiger partial charge in [-0.1, -0.05) is 0 Å². The molecule has 2 N–H and O–H groups in total. The van der Waals surface area contributed by atoms with Gasteiger partial charge in [0.25, 0.3) is 5.69 Å². The van der Waals surface area contributed by atoms with E-state index < -0.39 is 14.9 Å². The average Bonchev–Trinajstić information content (AvgIpc) is 2.47. The van der Waals surface area contributed by atoms with Crippen LogP contribution >= 0.6 is 0 Å². The summed E-state index contributed by atoms with van der Waals surface area (Å²) in [5.41, 5.74) is 5.74. The van der Waals surface area contributed by atoms with E-state index in [-0.39, 0.29) is 22.5 Å². The Balaban J connectivity index is 2.22. The number of nitrogens with two attached hydrogens (primary N) is 1. The molecule has 1 aromatic carbocycles. The van der Waals surface area contributed by atoms with Crippen LogP contribution in [0.2, 0.25) is 0 Å². The highest BCUT2D eigenvalue weighted by atomic mass is 32.2. The van der Waals surface area contributed by atoms with Gasteiger partial charge in [0.15, 0.2) is 0 Å². The van der Waals surface area contributed by atoms with Gasteiger partial charge in [0.1, 0.15) is 0 Å². The van der Waals surface area contributed by atoms with Crippen molar-refractivity contribution in [3.63, 3.8) is 0 Å². The Labute approximate surface area is 123 Å². The fourth-order valence-corrected chi connectivity index (χ4v) is 4.05. The average molecular weight is 313 g/mol. The first-order valence-electron chi connectivity index (χ1n) is 6.82. The normalized spacial score (nSPS) is 21.9. The molecule has 0 bridgehead atoms. The Hall–Kier alpha value is -1.51. The molecular formula is C13H19N3O4S. The molecule has 1 heterocycles. The van der Waals surface area contributed by atoms with Crippen LogP contribution in [0.1, 0.15) is 19.8 Å². The lowest BCUT2D eigenvalue weighted by atomic mass is 9.93. The summed E-state index contributed by atoms with van der Waals surface area (Å²) < 4.78 is 26.5. The molecule has 116 valence electrons. The lowest BCUT2D eigenvalue weighted by molar-refractivity contribution is -0.384. The number of hydrogen-bond donors (Lipinski definition) is 1. The fourth-order valence-electron chi connectivity index (χ4n) is 2.51. The Kier molecular flexibility index (Phi) is 4.60. The zero-order valence-corrected chi connectivity index (χ0v) is 12.6. The Morgan fingerprint density at radius 1 is 1.38 bits per heavy atom. The van der Waals surface area contributed by atoms with Gasteiger partial charge in [-0.3, -0.25) is 10.1 Å². The number of piperidine rings is 1. The van der Waals surface area contributed by atoms with Crippen molar-refractivity contribution < 1.29 is 13.3 Å². The standard InChI is InChI=1S/C13H19N3O4S/c1-10(14)11-3-2-8-15(9-11)21(19,20)13-6-4-12(5-7-13)16(17)18/h4-7,10-11H,2-3,8-9,14H2,1H3/t10-,11-/m0/s1. The van der Waals surface area contributed by atoms with Gasteiger partial charge in [-0.25, -0.2) is 8.42 Å². The number of hydrogen-bond acceptors (Lipinski definition) is 5. The van der Waals surface area contributed by atoms with E-state index in [1.165, 1.54) is 28.6 Å². The number of nitro groups is 1. The fraction of sp³-hybridized carbons (Fsp3) is 0.538. The van der Waals surface area contributed by atoms with E-state index in [1.807, 2.05) is 6.92 Å². The summed E-state index contributed by atoms with van der Waals surface area (Å²) in [6.07, 6.45) is 1.70. The van der Waals surface area contributed by atoms with Gasteiger partial charge in [0, 0.05) is 31.3 Å². The van der Waals surface area contributed by atoms with Crippen LogP contribution in [0, 0.1) is 16.0 Å². The van der Waals surface area contributed by atoms with Crippen molar-refractivity contribution >= 4 is 15.7 Å². The van der Waals surface area contributed by atoms with E-state index in [4.69, 9.17) is 5.73 Å². The van der Waals surface area contributed by atoms with Crippen molar-refractivity contribution in [1.29, 1.82) is 0 Å². The molecule has 8 heteroatoms. The molecule has 0 aromatic heterocycles. The van der Waals surface area contributed by atoms with Gasteiger partial charge in [-0.2, -0.15) is 4.31 Å². The van der Waals surface area contributed by atoms with Gasteiger partial charge in [0.2, 0.25) is 10.0 Å². The highest BCUT2D eigenvalue weighted by Gasteiger charge is 2.31. The Bertz CT molecular complexity index is 613. The van der Waals surface area contributed by atoms with E-state index in [0.29, 0.717) is 13.1 Å². The quantitative estimate of drug-likeness (QED) is 0.667. The van der Waals surface area contributed by atoms with Crippen molar-refractivity contribution in [3.05, 3.63) is 34.4 Å². The highest BCUT2D eigenvalue weighted by molar-refractivity contribution is 7.89. The van der Waals surface area contributed by atoms with Crippen molar-refractivity contribution in [2.45, 2.75) is 30.7 Å². The summed E-state index contributed by atoms with van der Waals surface area (Å²) in [4.78, 5) is 10.1. The maximum absolute atomic E-state index is 12.6. The number of nitrogens with zero attached hydrogens (tertiary/aromatic N) is 2. The minimum atomic E-state index is -3.62. The molecule has 1 fully saturated rings. The minimum absolute atomic E-state index is 0.0557. The van der Waals surface area contributed by atoms with Gasteiger partial charge in [-0.05, 0) is 37.8 Å². The van der Waals surface area contributed by atoms with Crippen LogP contribution in [0.4, 0.5) is 5.69 Å². The maximum atomic E-state index is 12.6. The molecule has 0 amide bonds. The van der Waals surface area contributed by atoms with Gasteiger partial charge in [0.05, 0.1) is 9.82 Å². The molecule has 0 spiro atoms. The molecule has 1 aliphatic heterocycles. The van der Waals surface area contributed by atoms with Crippen LogP contribution in [0.15, 0.2) is 29.2 Å². The van der Waals surface area contributed by atoms with Crippen LogP contribution in [-0.2, 0) is 10.0 Å². The predicted octanol–water partition coefficient (Wildman–Crippen LogP) is 1.34. The van der Waals surface area contributed by atoms with Crippen LogP contribution in [0.25, 0.3) is 0 Å². The number of nitro benzene ring substituents is 1. The van der Waals surface area contributed by atoms with E-state index in [2.05, 4.69) is 0 Å². The third kappa shape index (κ3) is 3.39. The SMILES string of the molecule is C[C@H](N)[C@H]1CCCN(S(=O)(=O)c2ccc([N+](=O)[O-])cc2)C1. The second-order valence-electron chi connectivity index (χ2n) is 5.38. The second kappa shape index (κ2) is 6.08. The van der Waals surface area contributed by atoms with Crippen LogP contribution in [0.5, 0.6) is 0 Å². The zero-order chi connectivity index (χ0) is 15.6. The lowest BCUT2D eigenvalue weighted by Crippen LogP contribution is -2.44. The summed E-state index contributed by atoms with van der Waals surface area (Å²) in [5.74, 6) is 0.145. The largest absolute Gasteiger partial charge is 0.328 e. The van der Waals surface area contributed by atoms with Crippen molar-refractivity contribution in [3.8, 4) is 0 Å². The summed E-state index contributed by atoms with van der Waals surface area (Å²) in [6.45, 7) is 2.74. The number of benzene rings is 1. The van der Waals surface area contributed by atoms with Crippen LogP contribution < -0.4 is 5.73 Å². The highest BCUT2D eigenvalue weighted by Crippen LogP contribution is 2.26. The van der Waals surface area contributed by atoms with Crippen LogP contribution in [-0.4, -0.2) is 36.8 Å². The molecule has 0 aliphatic carbocycles. The molecule has 1 aromatic rings. The molecule has 7 nitrogen and oxygen atoms in total. The summed E-state index contributed by atoms with van der Waals surface area (Å²) in [7, 11) is -3.62. The molecule has 0 radical (unpaired) electrons. The van der Waals surface area contributed by atoms with Crippen LogP contribution in [0.3, 0.4) is 0 Å². The maximum Gasteiger partial charge on any atom is 0.269 e. The molecule has 0 saturated carbocycles. The summed E-state index contributed by atoms with van der Waals surface area (Å²) >= 11 is 0. The minimum Gasteiger partial charge on any atom is -0.328 e. The van der Waals surface area contributed by atoms with E-state index in [9.17, 15) is 18.5 Å².